The van der Waals surface area contributed by atoms with Gasteiger partial charge in [-0.25, -0.2) is 0 Å². The van der Waals surface area contributed by atoms with Gasteiger partial charge in [-0.3, -0.25) is 9.59 Å². The van der Waals surface area contributed by atoms with Crippen molar-refractivity contribution in [3.05, 3.63) is 48.5 Å². The predicted molar refractivity (Wildman–Crippen MR) is 149 cm³/mol. The van der Waals surface area contributed by atoms with E-state index in [0.717, 1.165) is 50.0 Å². The first-order chi connectivity index (χ1) is 18.6. The molecule has 1 saturated carbocycles. The minimum absolute atomic E-state index is 0.383. The minimum Gasteiger partial charge on any atom is -0.494 e. The lowest BCUT2D eigenvalue weighted by molar-refractivity contribution is -0.152. The van der Waals surface area contributed by atoms with E-state index in [2.05, 4.69) is 13.8 Å². The van der Waals surface area contributed by atoms with Gasteiger partial charge in [-0.1, -0.05) is 65.2 Å². The Labute approximate surface area is 228 Å². The lowest BCUT2D eigenvalue weighted by Gasteiger charge is -2.28. The lowest BCUT2D eigenvalue weighted by Crippen LogP contribution is -2.37. The fourth-order valence-corrected chi connectivity index (χ4v) is 4.72. The molecule has 0 spiro atoms. The molecule has 0 saturated heterocycles. The Kier molecular flexibility index (Phi) is 13.0. The van der Waals surface area contributed by atoms with E-state index >= 15 is 0 Å². The van der Waals surface area contributed by atoms with Crippen LogP contribution in [0.4, 0.5) is 0 Å². The molecule has 0 aromatic heterocycles. The normalized spacial score (nSPS) is 17.0. The van der Waals surface area contributed by atoms with Gasteiger partial charge in [-0.15, -0.1) is 0 Å². The number of carbonyl (C=O) groups excluding carboxylic acids is 2. The summed E-state index contributed by atoms with van der Waals surface area (Å²) >= 11 is 0. The second-order valence-corrected chi connectivity index (χ2v) is 10.1. The number of hydrogen-bond donors (Lipinski definition) is 0. The van der Waals surface area contributed by atoms with Crippen LogP contribution in [0.5, 0.6) is 23.0 Å². The molecular formula is C32H44O6. The Balaban J connectivity index is 1.48. The average Bonchev–Trinajstić information content (AvgIpc) is 2.94. The van der Waals surface area contributed by atoms with Crippen molar-refractivity contribution in [2.24, 2.45) is 11.8 Å². The molecule has 208 valence electrons. The van der Waals surface area contributed by atoms with E-state index in [1.54, 1.807) is 24.3 Å². The topological polar surface area (TPSA) is 71.1 Å². The molecule has 0 N–H and O–H groups in total. The van der Waals surface area contributed by atoms with Crippen LogP contribution in [0.2, 0.25) is 0 Å². The fraction of sp³-hybridized carbons (Fsp3) is 0.562. The first kappa shape index (κ1) is 29.5. The fourth-order valence-electron chi connectivity index (χ4n) is 4.72. The summed E-state index contributed by atoms with van der Waals surface area (Å²) in [5.74, 6) is 0.626. The van der Waals surface area contributed by atoms with E-state index in [1.807, 2.05) is 24.3 Å². The Morgan fingerprint density at radius 1 is 0.579 bits per heavy atom. The highest BCUT2D eigenvalue weighted by molar-refractivity contribution is 5.84. The third-order valence-corrected chi connectivity index (χ3v) is 6.99. The summed E-state index contributed by atoms with van der Waals surface area (Å²) in [5, 5.41) is 0. The third-order valence-electron chi connectivity index (χ3n) is 6.99. The molecule has 1 fully saturated rings. The molecule has 6 heteroatoms. The van der Waals surface area contributed by atoms with Crippen molar-refractivity contribution in [1.82, 2.24) is 0 Å². The molecule has 3 rings (SSSR count). The summed E-state index contributed by atoms with van der Waals surface area (Å²) in [6.45, 7) is 5.73. The van der Waals surface area contributed by atoms with Crippen molar-refractivity contribution in [3.63, 3.8) is 0 Å². The standard InChI is InChI=1S/C32H44O6/c1-3-5-7-11-23-35-25-15-19-27(20-16-25)37-31(33)29-13-9-10-14-30(29)32(34)38-28-21-17-26(18-22-28)36-24-12-8-6-4-2/h15-22,29-30H,3-14,23-24H2,1-2H3/t29-,30-/m1/s1. The molecule has 6 nitrogen and oxygen atoms in total. The van der Waals surface area contributed by atoms with E-state index in [1.165, 1.54) is 25.7 Å². The number of hydrogen-bond acceptors (Lipinski definition) is 6. The number of unbranched alkanes of at least 4 members (excludes halogenated alkanes) is 6. The highest BCUT2D eigenvalue weighted by Gasteiger charge is 2.38. The van der Waals surface area contributed by atoms with Gasteiger partial charge >= 0.3 is 11.9 Å². The van der Waals surface area contributed by atoms with E-state index in [4.69, 9.17) is 18.9 Å². The first-order valence-corrected chi connectivity index (χ1v) is 14.5. The van der Waals surface area contributed by atoms with E-state index in [-0.39, 0.29) is 11.9 Å². The van der Waals surface area contributed by atoms with Crippen molar-refractivity contribution >= 4 is 11.9 Å². The minimum atomic E-state index is -0.517. The molecule has 1 aliphatic rings. The smallest absolute Gasteiger partial charge is 0.315 e. The average molecular weight is 525 g/mol. The van der Waals surface area contributed by atoms with Crippen molar-refractivity contribution < 1.29 is 28.5 Å². The van der Waals surface area contributed by atoms with E-state index in [0.29, 0.717) is 37.6 Å². The molecule has 0 heterocycles. The van der Waals surface area contributed by atoms with Crippen LogP contribution in [0.1, 0.15) is 90.9 Å². The zero-order valence-electron chi connectivity index (χ0n) is 23.1. The summed E-state index contributed by atoms with van der Waals surface area (Å²) in [7, 11) is 0. The second-order valence-electron chi connectivity index (χ2n) is 10.1. The summed E-state index contributed by atoms with van der Waals surface area (Å²) < 4.78 is 22.8. The number of esters is 2. The van der Waals surface area contributed by atoms with Crippen LogP contribution in [-0.4, -0.2) is 25.2 Å². The number of rotatable bonds is 16. The maximum Gasteiger partial charge on any atom is 0.315 e. The quantitative estimate of drug-likeness (QED) is 0.126. The largest absolute Gasteiger partial charge is 0.494 e. The lowest BCUT2D eigenvalue weighted by atomic mass is 9.79. The second kappa shape index (κ2) is 16.7. The van der Waals surface area contributed by atoms with Gasteiger partial charge in [0.1, 0.15) is 23.0 Å². The third kappa shape index (κ3) is 10.0. The zero-order valence-corrected chi connectivity index (χ0v) is 23.1. The molecule has 0 radical (unpaired) electrons. The highest BCUT2D eigenvalue weighted by Crippen LogP contribution is 2.33. The maximum atomic E-state index is 13.0. The van der Waals surface area contributed by atoms with E-state index < -0.39 is 11.8 Å². The van der Waals surface area contributed by atoms with Gasteiger partial charge in [0.25, 0.3) is 0 Å². The molecule has 2 aromatic carbocycles. The summed E-state index contributed by atoms with van der Waals surface area (Å²) in [6.07, 6.45) is 12.2. The molecular weight excluding hydrogens is 480 g/mol. The van der Waals surface area contributed by atoms with Crippen LogP contribution < -0.4 is 18.9 Å². The molecule has 38 heavy (non-hydrogen) atoms. The van der Waals surface area contributed by atoms with Crippen LogP contribution >= 0.6 is 0 Å². The highest BCUT2D eigenvalue weighted by atomic mass is 16.5. The van der Waals surface area contributed by atoms with Gasteiger partial charge in [0, 0.05) is 0 Å². The van der Waals surface area contributed by atoms with Crippen LogP contribution in [0.15, 0.2) is 48.5 Å². The number of carbonyl (C=O) groups is 2. The molecule has 0 aliphatic heterocycles. The Morgan fingerprint density at radius 3 is 1.32 bits per heavy atom. The van der Waals surface area contributed by atoms with Crippen LogP contribution in [0.3, 0.4) is 0 Å². The summed E-state index contributed by atoms with van der Waals surface area (Å²) in [6, 6.07) is 14.2. The van der Waals surface area contributed by atoms with Crippen LogP contribution in [0.25, 0.3) is 0 Å². The molecule has 0 unspecified atom stereocenters. The Morgan fingerprint density at radius 2 is 0.947 bits per heavy atom. The maximum absolute atomic E-state index is 13.0. The predicted octanol–water partition coefficient (Wildman–Crippen LogP) is 7.92. The van der Waals surface area contributed by atoms with Gasteiger partial charge in [0.2, 0.25) is 0 Å². The molecule has 0 amide bonds. The number of benzene rings is 2. The number of ether oxygens (including phenoxy) is 4. The van der Waals surface area contributed by atoms with Gasteiger partial charge in [-0.05, 0) is 74.2 Å². The van der Waals surface area contributed by atoms with Gasteiger partial charge in [0.15, 0.2) is 0 Å². The Bertz CT molecular complexity index is 873. The Hall–Kier alpha value is -3.02. The van der Waals surface area contributed by atoms with E-state index in [9.17, 15) is 9.59 Å². The molecule has 2 atom stereocenters. The molecule has 0 bridgehead atoms. The van der Waals surface area contributed by atoms with Gasteiger partial charge in [0.05, 0.1) is 25.0 Å². The van der Waals surface area contributed by atoms with Crippen molar-refractivity contribution in [1.29, 1.82) is 0 Å². The summed E-state index contributed by atoms with van der Waals surface area (Å²) in [4.78, 5) is 26.1. The van der Waals surface area contributed by atoms with Gasteiger partial charge in [-0.2, -0.15) is 0 Å². The SMILES string of the molecule is CCCCCCOc1ccc(OC(=O)[C@@H]2CCCC[C@H]2C(=O)Oc2ccc(OCCCCCC)cc2)cc1. The van der Waals surface area contributed by atoms with Crippen LogP contribution in [-0.2, 0) is 9.59 Å². The molecule has 2 aromatic rings. The zero-order chi connectivity index (χ0) is 27.0. The van der Waals surface area contributed by atoms with Crippen molar-refractivity contribution in [3.8, 4) is 23.0 Å². The van der Waals surface area contributed by atoms with Crippen molar-refractivity contribution in [2.45, 2.75) is 90.9 Å². The van der Waals surface area contributed by atoms with Crippen LogP contribution in [0, 0.1) is 11.8 Å². The first-order valence-electron chi connectivity index (χ1n) is 14.5. The van der Waals surface area contributed by atoms with Gasteiger partial charge < -0.3 is 18.9 Å². The molecule has 1 aliphatic carbocycles. The monoisotopic (exact) mass is 524 g/mol. The summed E-state index contributed by atoms with van der Waals surface area (Å²) in [5.41, 5.74) is 0. The van der Waals surface area contributed by atoms with Crippen molar-refractivity contribution in [2.75, 3.05) is 13.2 Å².